The minimum absolute atomic E-state index is 0.0383. The quantitative estimate of drug-likeness (QED) is 0.208. The highest BCUT2D eigenvalue weighted by molar-refractivity contribution is 5.69. The molecule has 0 saturated heterocycles. The number of imidazole rings is 1. The Kier molecular flexibility index (Phi) is 2.99. The van der Waals surface area contributed by atoms with Gasteiger partial charge in [0.05, 0.1) is 6.33 Å². The SMILES string of the molecule is Nc1nc2n[nH]nc2c(=O)[nH]1.Nc1nc2nc[nH]c2c(=O)[nH]1. The lowest BCUT2D eigenvalue weighted by Gasteiger charge is -1.89. The van der Waals surface area contributed by atoms with Crippen LogP contribution in [0.15, 0.2) is 15.9 Å². The molecule has 0 saturated carbocycles. The van der Waals surface area contributed by atoms with E-state index in [1.54, 1.807) is 0 Å². The highest BCUT2D eigenvalue weighted by Crippen LogP contribution is 1.98. The fraction of sp³-hybridized carbons (Fsp3) is 0. The minimum Gasteiger partial charge on any atom is -0.369 e. The van der Waals surface area contributed by atoms with E-state index in [-0.39, 0.29) is 34.2 Å². The van der Waals surface area contributed by atoms with Crippen molar-refractivity contribution in [1.29, 1.82) is 0 Å². The first kappa shape index (κ1) is 13.2. The predicted octanol–water partition coefficient (Wildman–Crippen LogP) is -2.15. The van der Waals surface area contributed by atoms with Gasteiger partial charge in [-0.3, -0.25) is 19.6 Å². The van der Waals surface area contributed by atoms with Gasteiger partial charge in [0.15, 0.2) is 16.7 Å². The fourth-order valence-corrected chi connectivity index (χ4v) is 1.63. The highest BCUT2D eigenvalue weighted by atomic mass is 16.1. The second-order valence-electron chi connectivity index (χ2n) is 4.00. The molecule has 0 atom stereocenters. The summed E-state index contributed by atoms with van der Waals surface area (Å²) in [5.74, 6) is 0.117. The summed E-state index contributed by atoms with van der Waals surface area (Å²) in [6.45, 7) is 0. The van der Waals surface area contributed by atoms with Crippen molar-refractivity contribution in [2.75, 3.05) is 11.5 Å². The maximum Gasteiger partial charge on any atom is 0.282 e. The predicted molar refractivity (Wildman–Crippen MR) is 75.6 cm³/mol. The number of nitrogen functional groups attached to an aromatic ring is 2. The van der Waals surface area contributed by atoms with Gasteiger partial charge >= 0.3 is 0 Å². The third-order valence-electron chi connectivity index (χ3n) is 2.53. The molecule has 0 fully saturated rings. The molecule has 0 spiro atoms. The average Bonchev–Trinajstić information content (AvgIpc) is 3.07. The van der Waals surface area contributed by atoms with Crippen LogP contribution in [0.3, 0.4) is 0 Å². The van der Waals surface area contributed by atoms with Crippen LogP contribution in [0.2, 0.25) is 0 Å². The Hall–Kier alpha value is -3.77. The Morgan fingerprint density at radius 3 is 2.36 bits per heavy atom. The van der Waals surface area contributed by atoms with Crippen LogP contribution in [0.4, 0.5) is 11.9 Å². The molecular weight excluding hydrogens is 294 g/mol. The number of hydrogen-bond donors (Lipinski definition) is 6. The summed E-state index contributed by atoms with van der Waals surface area (Å²) in [5, 5.41) is 9.42. The topological polar surface area (TPSA) is 214 Å². The standard InChI is InChI=1S/C5H5N5O.C4H4N6O/c6-5-9-3-2(4(11)10-5)7-1-8-3;5-4-6-2-1(3(11)7-4)8-10-9-2/h1H,(H4,6,7,8,9,10,11);(H4,5,6,7,8,9,10,11). The zero-order chi connectivity index (χ0) is 15.7. The lowest BCUT2D eigenvalue weighted by Crippen LogP contribution is -2.10. The van der Waals surface area contributed by atoms with Crippen LogP contribution in [-0.4, -0.2) is 45.3 Å². The molecule has 0 aliphatic carbocycles. The number of nitrogens with two attached hydrogens (primary N) is 2. The number of nitrogens with one attached hydrogen (secondary N) is 4. The number of anilines is 2. The Labute approximate surface area is 119 Å². The first-order valence-electron chi connectivity index (χ1n) is 5.79. The molecule has 4 heterocycles. The van der Waals surface area contributed by atoms with Gasteiger partial charge in [0.2, 0.25) is 17.5 Å². The molecule has 0 bridgehead atoms. The van der Waals surface area contributed by atoms with Crippen molar-refractivity contribution < 1.29 is 0 Å². The number of aromatic amines is 4. The van der Waals surface area contributed by atoms with E-state index < -0.39 is 0 Å². The summed E-state index contributed by atoms with van der Waals surface area (Å²) in [6.07, 6.45) is 1.40. The molecule has 0 aromatic carbocycles. The van der Waals surface area contributed by atoms with Crippen molar-refractivity contribution >= 4 is 34.2 Å². The number of rotatable bonds is 0. The Morgan fingerprint density at radius 2 is 1.59 bits per heavy atom. The molecule has 0 unspecified atom stereocenters. The van der Waals surface area contributed by atoms with Crippen molar-refractivity contribution in [3.63, 3.8) is 0 Å². The number of fused-ring (bicyclic) bond motifs is 2. The third-order valence-corrected chi connectivity index (χ3v) is 2.53. The van der Waals surface area contributed by atoms with Gasteiger partial charge in [-0.15, -0.1) is 10.2 Å². The van der Waals surface area contributed by atoms with E-state index in [9.17, 15) is 9.59 Å². The molecule has 22 heavy (non-hydrogen) atoms. The summed E-state index contributed by atoms with van der Waals surface area (Å²) in [4.78, 5) is 40.5. The van der Waals surface area contributed by atoms with E-state index in [1.165, 1.54) is 6.33 Å². The second-order valence-corrected chi connectivity index (χ2v) is 4.00. The van der Waals surface area contributed by atoms with E-state index in [2.05, 4.69) is 45.3 Å². The highest BCUT2D eigenvalue weighted by Gasteiger charge is 2.04. The average molecular weight is 303 g/mol. The molecular formula is C9H9N11O2. The van der Waals surface area contributed by atoms with Crippen molar-refractivity contribution in [2.45, 2.75) is 0 Å². The van der Waals surface area contributed by atoms with Crippen LogP contribution in [0.25, 0.3) is 22.3 Å². The molecule has 0 radical (unpaired) electrons. The van der Waals surface area contributed by atoms with Crippen molar-refractivity contribution in [3.8, 4) is 0 Å². The molecule has 13 nitrogen and oxygen atoms in total. The van der Waals surface area contributed by atoms with Crippen LogP contribution < -0.4 is 22.6 Å². The normalized spacial score (nSPS) is 10.5. The lowest BCUT2D eigenvalue weighted by atomic mass is 10.5. The third kappa shape index (κ3) is 2.33. The van der Waals surface area contributed by atoms with Crippen LogP contribution in [0.1, 0.15) is 0 Å². The molecule has 4 rings (SSSR count). The minimum atomic E-state index is -0.388. The summed E-state index contributed by atoms with van der Waals surface area (Å²) in [6, 6.07) is 0. The molecule has 4 aromatic heterocycles. The van der Waals surface area contributed by atoms with Crippen molar-refractivity contribution in [2.24, 2.45) is 0 Å². The lowest BCUT2D eigenvalue weighted by molar-refractivity contribution is 0.954. The van der Waals surface area contributed by atoms with E-state index in [4.69, 9.17) is 11.5 Å². The van der Waals surface area contributed by atoms with Gasteiger partial charge in [0.1, 0.15) is 0 Å². The molecule has 4 aromatic rings. The molecule has 13 heteroatoms. The van der Waals surface area contributed by atoms with Crippen LogP contribution >= 0.6 is 0 Å². The van der Waals surface area contributed by atoms with Crippen LogP contribution in [-0.2, 0) is 0 Å². The number of aromatic nitrogens is 9. The van der Waals surface area contributed by atoms with E-state index in [0.29, 0.717) is 11.2 Å². The Balaban J connectivity index is 0.000000131. The summed E-state index contributed by atoms with van der Waals surface area (Å²) >= 11 is 0. The largest absolute Gasteiger partial charge is 0.369 e. The summed E-state index contributed by atoms with van der Waals surface area (Å²) in [5.41, 5.74) is 10.9. The molecule has 8 N–H and O–H groups in total. The number of H-pyrrole nitrogens is 4. The van der Waals surface area contributed by atoms with Gasteiger partial charge < -0.3 is 16.5 Å². The van der Waals surface area contributed by atoms with E-state index in [1.807, 2.05) is 0 Å². The smallest absolute Gasteiger partial charge is 0.282 e. The zero-order valence-corrected chi connectivity index (χ0v) is 10.8. The zero-order valence-electron chi connectivity index (χ0n) is 10.8. The van der Waals surface area contributed by atoms with Crippen LogP contribution in [0.5, 0.6) is 0 Å². The Morgan fingerprint density at radius 1 is 0.909 bits per heavy atom. The Bertz CT molecular complexity index is 968. The van der Waals surface area contributed by atoms with Gasteiger partial charge in [0.25, 0.3) is 11.1 Å². The molecule has 0 aliphatic rings. The van der Waals surface area contributed by atoms with Gasteiger partial charge in [-0.05, 0) is 0 Å². The molecule has 0 amide bonds. The van der Waals surface area contributed by atoms with E-state index in [0.717, 1.165) is 0 Å². The second kappa shape index (κ2) is 4.97. The van der Waals surface area contributed by atoms with Crippen molar-refractivity contribution in [3.05, 3.63) is 27.0 Å². The summed E-state index contributed by atoms with van der Waals surface area (Å²) in [7, 11) is 0. The van der Waals surface area contributed by atoms with Gasteiger partial charge in [-0.25, -0.2) is 4.98 Å². The van der Waals surface area contributed by atoms with Gasteiger partial charge in [-0.1, -0.05) is 0 Å². The van der Waals surface area contributed by atoms with Crippen molar-refractivity contribution in [1.82, 2.24) is 45.3 Å². The first-order chi connectivity index (χ1) is 10.5. The molecule has 112 valence electrons. The summed E-state index contributed by atoms with van der Waals surface area (Å²) < 4.78 is 0. The molecule has 0 aliphatic heterocycles. The van der Waals surface area contributed by atoms with Crippen LogP contribution in [0, 0.1) is 0 Å². The fourth-order valence-electron chi connectivity index (χ4n) is 1.63. The number of nitrogens with zero attached hydrogens (tertiary/aromatic N) is 5. The van der Waals surface area contributed by atoms with Gasteiger partial charge in [0, 0.05) is 0 Å². The maximum absolute atomic E-state index is 11.0. The van der Waals surface area contributed by atoms with E-state index >= 15 is 0 Å². The number of hydrogen-bond acceptors (Lipinski definition) is 9. The maximum atomic E-state index is 11.0. The van der Waals surface area contributed by atoms with Gasteiger partial charge in [-0.2, -0.15) is 15.2 Å². The monoisotopic (exact) mass is 303 g/mol. The first-order valence-corrected chi connectivity index (χ1v) is 5.79.